The smallest absolute Gasteiger partial charge is 0.413 e. The minimum Gasteiger partial charge on any atom is -0.480 e. The van der Waals surface area contributed by atoms with Crippen LogP contribution < -0.4 is 0 Å². The van der Waals surface area contributed by atoms with E-state index in [0.717, 1.165) is 5.56 Å². The maximum absolute atomic E-state index is 12.4. The van der Waals surface area contributed by atoms with Crippen molar-refractivity contribution in [1.82, 2.24) is 4.90 Å². The van der Waals surface area contributed by atoms with E-state index in [0.29, 0.717) is 13.0 Å². The lowest BCUT2D eigenvalue weighted by Gasteiger charge is -2.32. The van der Waals surface area contributed by atoms with Gasteiger partial charge in [0.15, 0.2) is 11.8 Å². The second-order valence-electron chi connectivity index (χ2n) is 5.32. The molecule has 2 saturated heterocycles. The van der Waals surface area contributed by atoms with Crippen molar-refractivity contribution < 1.29 is 28.9 Å². The minimum absolute atomic E-state index is 0.0564. The van der Waals surface area contributed by atoms with E-state index in [1.54, 1.807) is 0 Å². The number of aliphatic carboxylic acids is 1. The predicted molar refractivity (Wildman–Crippen MR) is 74.0 cm³/mol. The van der Waals surface area contributed by atoms with Crippen LogP contribution in [0.2, 0.25) is 0 Å². The van der Waals surface area contributed by atoms with Crippen LogP contribution in [0.4, 0.5) is 4.79 Å². The van der Waals surface area contributed by atoms with Gasteiger partial charge >= 0.3 is 12.1 Å². The lowest BCUT2D eigenvalue weighted by atomic mass is 10.1. The number of ether oxygens (including phenoxy) is 3. The first kappa shape index (κ1) is 14.8. The average molecular weight is 307 g/mol. The largest absolute Gasteiger partial charge is 0.480 e. The Morgan fingerprint density at radius 3 is 2.77 bits per heavy atom. The third kappa shape index (κ3) is 2.65. The maximum Gasteiger partial charge on any atom is 0.413 e. The molecule has 1 aromatic carbocycles. The molecule has 0 saturated carbocycles. The Kier molecular flexibility index (Phi) is 4.00. The van der Waals surface area contributed by atoms with Crippen molar-refractivity contribution in [3.8, 4) is 0 Å². The van der Waals surface area contributed by atoms with Crippen molar-refractivity contribution in [2.75, 3.05) is 19.8 Å². The van der Waals surface area contributed by atoms with Gasteiger partial charge in [0.2, 0.25) is 0 Å². The van der Waals surface area contributed by atoms with Crippen LogP contribution in [0.25, 0.3) is 0 Å². The summed E-state index contributed by atoms with van der Waals surface area (Å²) in [5, 5.41) is 9.29. The summed E-state index contributed by atoms with van der Waals surface area (Å²) < 4.78 is 16.1. The summed E-state index contributed by atoms with van der Waals surface area (Å²) in [5.41, 5.74) is -0.184. The van der Waals surface area contributed by atoms with Crippen LogP contribution >= 0.6 is 0 Å². The molecule has 1 aromatic rings. The molecule has 0 radical (unpaired) electrons. The highest BCUT2D eigenvalue weighted by atomic mass is 16.6. The lowest BCUT2D eigenvalue weighted by molar-refractivity contribution is -0.143. The lowest BCUT2D eigenvalue weighted by Crippen LogP contribution is -2.54. The van der Waals surface area contributed by atoms with Gasteiger partial charge in [0.05, 0.1) is 19.8 Å². The summed E-state index contributed by atoms with van der Waals surface area (Å²) in [5.74, 6) is -1.11. The Morgan fingerprint density at radius 2 is 2.14 bits per heavy atom. The van der Waals surface area contributed by atoms with Crippen LogP contribution in [-0.2, 0) is 25.6 Å². The van der Waals surface area contributed by atoms with Crippen molar-refractivity contribution in [2.45, 2.75) is 24.8 Å². The highest BCUT2D eigenvalue weighted by Gasteiger charge is 2.55. The fourth-order valence-corrected chi connectivity index (χ4v) is 2.77. The molecule has 1 N–H and O–H groups in total. The van der Waals surface area contributed by atoms with Crippen LogP contribution in [0.15, 0.2) is 30.3 Å². The summed E-state index contributed by atoms with van der Waals surface area (Å²) >= 11 is 0. The fourth-order valence-electron chi connectivity index (χ4n) is 2.77. The van der Waals surface area contributed by atoms with E-state index in [4.69, 9.17) is 14.2 Å². The van der Waals surface area contributed by atoms with Crippen LogP contribution in [-0.4, -0.2) is 53.7 Å². The highest BCUT2D eigenvalue weighted by molar-refractivity contribution is 5.81. The van der Waals surface area contributed by atoms with Gasteiger partial charge in [-0.3, -0.25) is 4.90 Å². The quantitative estimate of drug-likeness (QED) is 0.904. The van der Waals surface area contributed by atoms with Crippen molar-refractivity contribution in [1.29, 1.82) is 0 Å². The second-order valence-corrected chi connectivity index (χ2v) is 5.32. The predicted octanol–water partition coefficient (Wildman–Crippen LogP) is 1.23. The highest BCUT2D eigenvalue weighted by Crippen LogP contribution is 2.36. The molecule has 2 heterocycles. The average Bonchev–Trinajstić information content (AvgIpc) is 3.14. The molecule has 2 aliphatic heterocycles. The number of benzene rings is 1. The van der Waals surface area contributed by atoms with Crippen LogP contribution in [0.3, 0.4) is 0 Å². The molecule has 3 rings (SSSR count). The zero-order chi connectivity index (χ0) is 15.6. The molecule has 7 heteroatoms. The number of carboxylic acids is 1. The Bertz CT molecular complexity index is 554. The first-order valence-corrected chi connectivity index (χ1v) is 7.07. The molecule has 0 bridgehead atoms. The summed E-state index contributed by atoms with van der Waals surface area (Å²) in [6.45, 7) is 0.616. The molecular weight excluding hydrogens is 290 g/mol. The summed E-state index contributed by atoms with van der Waals surface area (Å²) in [6, 6.07) is 8.16. The Balaban J connectivity index is 1.73. The molecule has 118 valence electrons. The standard InChI is InChI=1S/C15H17NO6/c17-13(18)12-9-22-15(6-7-20-10-15)16(12)14(19)21-8-11-4-2-1-3-5-11/h1-5,12H,6-10H2,(H,17,18). The van der Waals surface area contributed by atoms with Gasteiger partial charge in [-0.2, -0.15) is 0 Å². The Morgan fingerprint density at radius 1 is 1.36 bits per heavy atom. The van der Waals surface area contributed by atoms with E-state index in [-0.39, 0.29) is 19.8 Å². The molecule has 22 heavy (non-hydrogen) atoms. The van der Waals surface area contributed by atoms with Gasteiger partial charge in [-0.05, 0) is 5.56 Å². The molecule has 2 aliphatic rings. The maximum atomic E-state index is 12.4. The van der Waals surface area contributed by atoms with Gasteiger partial charge in [0.1, 0.15) is 6.61 Å². The van der Waals surface area contributed by atoms with Gasteiger partial charge in [-0.1, -0.05) is 30.3 Å². The van der Waals surface area contributed by atoms with E-state index < -0.39 is 23.8 Å². The van der Waals surface area contributed by atoms with Crippen molar-refractivity contribution >= 4 is 12.1 Å². The van der Waals surface area contributed by atoms with Crippen molar-refractivity contribution in [2.24, 2.45) is 0 Å². The van der Waals surface area contributed by atoms with E-state index >= 15 is 0 Å². The third-order valence-electron chi connectivity index (χ3n) is 3.91. The monoisotopic (exact) mass is 307 g/mol. The van der Waals surface area contributed by atoms with Gasteiger partial charge in [-0.25, -0.2) is 9.59 Å². The Labute approximate surface area is 127 Å². The second kappa shape index (κ2) is 5.94. The molecule has 2 atom stereocenters. The topological polar surface area (TPSA) is 85.3 Å². The fraction of sp³-hybridized carbons (Fsp3) is 0.467. The van der Waals surface area contributed by atoms with E-state index in [2.05, 4.69) is 0 Å². The molecule has 1 amide bonds. The number of amides is 1. The summed E-state index contributed by atoms with van der Waals surface area (Å²) in [6.07, 6.45) is -0.253. The summed E-state index contributed by atoms with van der Waals surface area (Å²) in [4.78, 5) is 24.9. The minimum atomic E-state index is -1.11. The van der Waals surface area contributed by atoms with Crippen LogP contribution in [0.1, 0.15) is 12.0 Å². The van der Waals surface area contributed by atoms with Gasteiger partial charge in [-0.15, -0.1) is 0 Å². The van der Waals surface area contributed by atoms with E-state index in [1.165, 1.54) is 4.90 Å². The van der Waals surface area contributed by atoms with Crippen molar-refractivity contribution in [3.05, 3.63) is 35.9 Å². The Hall–Kier alpha value is -2.12. The van der Waals surface area contributed by atoms with Gasteiger partial charge < -0.3 is 19.3 Å². The first-order chi connectivity index (χ1) is 10.6. The first-order valence-electron chi connectivity index (χ1n) is 7.07. The van der Waals surface area contributed by atoms with Gasteiger partial charge in [0, 0.05) is 6.42 Å². The summed E-state index contributed by atoms with van der Waals surface area (Å²) in [7, 11) is 0. The van der Waals surface area contributed by atoms with E-state index in [1.807, 2.05) is 30.3 Å². The van der Waals surface area contributed by atoms with Gasteiger partial charge in [0.25, 0.3) is 0 Å². The number of carbonyl (C=O) groups is 2. The number of carbonyl (C=O) groups excluding carboxylic acids is 1. The van der Waals surface area contributed by atoms with Crippen molar-refractivity contribution in [3.63, 3.8) is 0 Å². The zero-order valence-corrected chi connectivity index (χ0v) is 11.9. The van der Waals surface area contributed by atoms with Crippen LogP contribution in [0.5, 0.6) is 0 Å². The molecule has 2 unspecified atom stereocenters. The third-order valence-corrected chi connectivity index (χ3v) is 3.91. The number of hydrogen-bond acceptors (Lipinski definition) is 5. The number of hydrogen-bond donors (Lipinski definition) is 1. The number of rotatable bonds is 3. The SMILES string of the molecule is O=C(O)C1COC2(CCOC2)N1C(=O)OCc1ccccc1. The zero-order valence-electron chi connectivity index (χ0n) is 11.9. The molecule has 0 aromatic heterocycles. The molecule has 2 fully saturated rings. The number of carboxylic acid groups (broad SMARTS) is 1. The number of nitrogens with zero attached hydrogens (tertiary/aromatic N) is 1. The van der Waals surface area contributed by atoms with Crippen LogP contribution in [0, 0.1) is 0 Å². The molecular formula is C15H17NO6. The molecule has 0 aliphatic carbocycles. The molecule has 1 spiro atoms. The molecule has 7 nitrogen and oxygen atoms in total. The van der Waals surface area contributed by atoms with E-state index in [9.17, 15) is 14.7 Å². The normalized spacial score (nSPS) is 27.3.